The predicted octanol–water partition coefficient (Wildman–Crippen LogP) is 3.12. The van der Waals surface area contributed by atoms with Crippen molar-refractivity contribution in [2.24, 2.45) is 0 Å². The summed E-state index contributed by atoms with van der Waals surface area (Å²) in [7, 11) is 0. The first-order valence-corrected chi connectivity index (χ1v) is 5.28. The molecule has 0 aromatic rings. The lowest BCUT2D eigenvalue weighted by atomic mass is 9.93. The van der Waals surface area contributed by atoms with Crippen LogP contribution in [0.2, 0.25) is 0 Å². The standard InChI is InChI=1S/C12H22O/c1-4-6-8-10-12(3,13)11-9-7-5-2/h1,13H,5-11H2,2-3H3. The van der Waals surface area contributed by atoms with Crippen LogP contribution in [0.3, 0.4) is 0 Å². The number of unbranched alkanes of at least 4 members (excludes halogenated alkanes) is 3. The fraction of sp³-hybridized carbons (Fsp3) is 0.833. The van der Waals surface area contributed by atoms with E-state index in [1.807, 2.05) is 6.92 Å². The molecule has 0 aliphatic carbocycles. The molecule has 76 valence electrons. The zero-order valence-electron chi connectivity index (χ0n) is 8.97. The summed E-state index contributed by atoms with van der Waals surface area (Å²) in [5, 5.41) is 9.90. The molecule has 0 aliphatic heterocycles. The van der Waals surface area contributed by atoms with E-state index in [2.05, 4.69) is 12.8 Å². The highest BCUT2D eigenvalue weighted by Crippen LogP contribution is 2.20. The van der Waals surface area contributed by atoms with Gasteiger partial charge in [-0.05, 0) is 26.2 Å². The van der Waals surface area contributed by atoms with Crippen molar-refractivity contribution in [2.45, 2.75) is 64.4 Å². The lowest BCUT2D eigenvalue weighted by Crippen LogP contribution is -2.23. The fourth-order valence-corrected chi connectivity index (χ4v) is 1.45. The van der Waals surface area contributed by atoms with Crippen LogP contribution in [-0.2, 0) is 0 Å². The predicted molar refractivity (Wildman–Crippen MR) is 57.4 cm³/mol. The molecule has 0 radical (unpaired) electrons. The van der Waals surface area contributed by atoms with Gasteiger partial charge >= 0.3 is 0 Å². The first kappa shape index (κ1) is 12.5. The fourth-order valence-electron chi connectivity index (χ4n) is 1.45. The third-order valence-corrected chi connectivity index (χ3v) is 2.36. The molecule has 13 heavy (non-hydrogen) atoms. The van der Waals surface area contributed by atoms with Crippen molar-refractivity contribution in [1.82, 2.24) is 0 Å². The summed E-state index contributed by atoms with van der Waals surface area (Å²) in [4.78, 5) is 0. The van der Waals surface area contributed by atoms with Gasteiger partial charge in [-0.25, -0.2) is 0 Å². The van der Waals surface area contributed by atoms with Crippen molar-refractivity contribution >= 4 is 0 Å². The Morgan fingerprint density at radius 2 is 1.85 bits per heavy atom. The Hall–Kier alpha value is -0.480. The van der Waals surface area contributed by atoms with E-state index in [0.29, 0.717) is 0 Å². The molecule has 0 bridgehead atoms. The number of rotatable bonds is 7. The maximum Gasteiger partial charge on any atom is 0.0620 e. The van der Waals surface area contributed by atoms with E-state index in [0.717, 1.165) is 32.1 Å². The highest BCUT2D eigenvalue weighted by molar-refractivity contribution is 4.84. The van der Waals surface area contributed by atoms with E-state index in [1.165, 1.54) is 12.8 Å². The molecule has 1 atom stereocenters. The van der Waals surface area contributed by atoms with Gasteiger partial charge in [-0.2, -0.15) is 0 Å². The van der Waals surface area contributed by atoms with Gasteiger partial charge in [0.05, 0.1) is 5.60 Å². The minimum atomic E-state index is -0.494. The van der Waals surface area contributed by atoms with Crippen molar-refractivity contribution in [3.63, 3.8) is 0 Å². The average Bonchev–Trinajstić information content (AvgIpc) is 2.05. The molecule has 0 fully saturated rings. The summed E-state index contributed by atoms with van der Waals surface area (Å²) in [6.45, 7) is 4.09. The van der Waals surface area contributed by atoms with Gasteiger partial charge < -0.3 is 5.11 Å². The quantitative estimate of drug-likeness (QED) is 0.474. The molecule has 0 aromatic heterocycles. The van der Waals surface area contributed by atoms with E-state index in [4.69, 9.17) is 6.42 Å². The van der Waals surface area contributed by atoms with Crippen molar-refractivity contribution in [3.8, 4) is 12.3 Å². The second-order valence-electron chi connectivity index (χ2n) is 4.01. The lowest BCUT2D eigenvalue weighted by Gasteiger charge is -2.22. The smallest absolute Gasteiger partial charge is 0.0620 e. The molecule has 0 saturated carbocycles. The van der Waals surface area contributed by atoms with Crippen LogP contribution in [0.5, 0.6) is 0 Å². The summed E-state index contributed by atoms with van der Waals surface area (Å²) in [6, 6.07) is 0. The van der Waals surface area contributed by atoms with Crippen LogP contribution in [-0.4, -0.2) is 10.7 Å². The molecule has 0 amide bonds. The van der Waals surface area contributed by atoms with E-state index >= 15 is 0 Å². The summed E-state index contributed by atoms with van der Waals surface area (Å²) in [6.07, 6.45) is 12.2. The first-order valence-electron chi connectivity index (χ1n) is 5.28. The van der Waals surface area contributed by atoms with Crippen LogP contribution in [0.15, 0.2) is 0 Å². The van der Waals surface area contributed by atoms with Crippen molar-refractivity contribution in [1.29, 1.82) is 0 Å². The summed E-state index contributed by atoms with van der Waals surface area (Å²) in [5.74, 6) is 2.60. The van der Waals surface area contributed by atoms with Gasteiger partial charge in [-0.15, -0.1) is 12.3 Å². The van der Waals surface area contributed by atoms with Crippen molar-refractivity contribution < 1.29 is 5.11 Å². The Kier molecular flexibility index (Phi) is 6.72. The second kappa shape index (κ2) is 6.97. The summed E-state index contributed by atoms with van der Waals surface area (Å²) >= 11 is 0. The van der Waals surface area contributed by atoms with E-state index in [1.54, 1.807) is 0 Å². The molecule has 0 aromatic carbocycles. The minimum absolute atomic E-state index is 0.494. The highest BCUT2D eigenvalue weighted by atomic mass is 16.3. The molecule has 1 N–H and O–H groups in total. The summed E-state index contributed by atoms with van der Waals surface area (Å²) in [5.41, 5.74) is -0.494. The van der Waals surface area contributed by atoms with E-state index in [-0.39, 0.29) is 0 Å². The van der Waals surface area contributed by atoms with E-state index in [9.17, 15) is 5.11 Å². The molecule has 0 saturated heterocycles. The van der Waals surface area contributed by atoms with Gasteiger partial charge in [-0.1, -0.05) is 26.2 Å². The molecule has 0 spiro atoms. The first-order chi connectivity index (χ1) is 6.12. The third kappa shape index (κ3) is 7.87. The zero-order valence-corrected chi connectivity index (χ0v) is 8.97. The third-order valence-electron chi connectivity index (χ3n) is 2.36. The number of hydrogen-bond donors (Lipinski definition) is 1. The Morgan fingerprint density at radius 1 is 1.23 bits per heavy atom. The van der Waals surface area contributed by atoms with E-state index < -0.39 is 5.60 Å². The average molecular weight is 182 g/mol. The Labute approximate surface area is 82.5 Å². The second-order valence-corrected chi connectivity index (χ2v) is 4.01. The normalized spacial score (nSPS) is 14.9. The molecule has 1 heteroatoms. The highest BCUT2D eigenvalue weighted by Gasteiger charge is 2.18. The van der Waals surface area contributed by atoms with Gasteiger partial charge in [0, 0.05) is 6.42 Å². The zero-order chi connectivity index (χ0) is 10.2. The van der Waals surface area contributed by atoms with Crippen LogP contribution in [0.4, 0.5) is 0 Å². The van der Waals surface area contributed by atoms with Crippen molar-refractivity contribution in [3.05, 3.63) is 0 Å². The van der Waals surface area contributed by atoms with Crippen LogP contribution in [0.25, 0.3) is 0 Å². The Balaban J connectivity index is 3.49. The van der Waals surface area contributed by atoms with Crippen molar-refractivity contribution in [2.75, 3.05) is 0 Å². The number of hydrogen-bond acceptors (Lipinski definition) is 1. The molecule has 0 rings (SSSR count). The SMILES string of the molecule is C#CCCCC(C)(O)CCCCC. The molecule has 1 nitrogen and oxygen atoms in total. The number of aliphatic hydroxyl groups is 1. The number of terminal acetylenes is 1. The molecule has 1 unspecified atom stereocenters. The van der Waals surface area contributed by atoms with Crippen LogP contribution < -0.4 is 0 Å². The summed E-state index contributed by atoms with van der Waals surface area (Å²) < 4.78 is 0. The lowest BCUT2D eigenvalue weighted by molar-refractivity contribution is 0.0378. The maximum absolute atomic E-state index is 9.90. The minimum Gasteiger partial charge on any atom is -0.390 e. The monoisotopic (exact) mass is 182 g/mol. The largest absolute Gasteiger partial charge is 0.390 e. The molecular formula is C12H22O. The van der Waals surface area contributed by atoms with Gasteiger partial charge in [0.2, 0.25) is 0 Å². The Morgan fingerprint density at radius 3 is 2.38 bits per heavy atom. The van der Waals surface area contributed by atoms with Gasteiger partial charge in [0.1, 0.15) is 0 Å². The molecular weight excluding hydrogens is 160 g/mol. The topological polar surface area (TPSA) is 20.2 Å². The molecule has 0 aliphatic rings. The maximum atomic E-state index is 9.90. The van der Waals surface area contributed by atoms with Gasteiger partial charge in [0.15, 0.2) is 0 Å². The Bertz CT molecular complexity index is 153. The van der Waals surface area contributed by atoms with Crippen LogP contribution in [0, 0.1) is 12.3 Å². The van der Waals surface area contributed by atoms with Crippen LogP contribution in [0.1, 0.15) is 58.8 Å². The van der Waals surface area contributed by atoms with Crippen LogP contribution >= 0.6 is 0 Å². The molecule has 0 heterocycles. The van der Waals surface area contributed by atoms with Gasteiger partial charge in [0.25, 0.3) is 0 Å². The van der Waals surface area contributed by atoms with Gasteiger partial charge in [-0.3, -0.25) is 0 Å².